The second kappa shape index (κ2) is 11.7. The van der Waals surface area contributed by atoms with Crippen LogP contribution in [0.15, 0.2) is 170 Å². The van der Waals surface area contributed by atoms with Crippen molar-refractivity contribution in [3.05, 3.63) is 170 Å². The number of ether oxygens (including phenoxy) is 1. The molecule has 9 aromatic carbocycles. The lowest BCUT2D eigenvalue weighted by Gasteiger charge is -2.19. The Morgan fingerprint density at radius 3 is 1.59 bits per heavy atom. The maximum Gasteiger partial charge on any atom is 0.144 e. The fourth-order valence-corrected chi connectivity index (χ4v) is 7.80. The van der Waals surface area contributed by atoms with Crippen LogP contribution in [0, 0.1) is 0 Å². The van der Waals surface area contributed by atoms with E-state index in [1.54, 1.807) is 7.11 Å². The van der Waals surface area contributed by atoms with Crippen LogP contribution < -0.4 is 4.74 Å². The molecule has 240 valence electrons. The number of para-hydroxylation sites is 1. The predicted octanol–water partition coefficient (Wildman–Crippen LogP) is 12.9. The van der Waals surface area contributed by atoms with Gasteiger partial charge in [-0.05, 0) is 107 Å². The maximum atomic E-state index is 5.56. The summed E-state index contributed by atoms with van der Waals surface area (Å²) in [5, 5.41) is 9.94. The first-order valence-electron chi connectivity index (χ1n) is 17.3. The van der Waals surface area contributed by atoms with Crippen molar-refractivity contribution in [2.24, 2.45) is 0 Å². The summed E-state index contributed by atoms with van der Waals surface area (Å²) < 4.78 is 5.56. The summed E-state index contributed by atoms with van der Waals surface area (Å²) in [6, 6.07) is 61.5. The lowest BCUT2D eigenvalue weighted by Crippen LogP contribution is -1.92. The lowest BCUT2D eigenvalue weighted by atomic mass is 9.84. The van der Waals surface area contributed by atoms with Crippen molar-refractivity contribution in [3.8, 4) is 50.5 Å². The zero-order valence-corrected chi connectivity index (χ0v) is 28.0. The molecule has 0 aliphatic carbocycles. The average Bonchev–Trinajstić information content (AvgIpc) is 3.64. The summed E-state index contributed by atoms with van der Waals surface area (Å²) in [5.74, 6) is 1.61. The molecule has 0 bridgehead atoms. The van der Waals surface area contributed by atoms with Crippen molar-refractivity contribution in [1.82, 2.24) is 9.97 Å². The minimum Gasteiger partial charge on any atom is -0.494 e. The molecule has 0 saturated carbocycles. The summed E-state index contributed by atoms with van der Waals surface area (Å²) in [7, 11) is 1.69. The van der Waals surface area contributed by atoms with Gasteiger partial charge in [0.05, 0.1) is 12.6 Å². The van der Waals surface area contributed by atoms with Gasteiger partial charge >= 0.3 is 0 Å². The Morgan fingerprint density at radius 1 is 0.412 bits per heavy atom. The van der Waals surface area contributed by atoms with E-state index in [2.05, 4.69) is 157 Å². The van der Waals surface area contributed by atoms with Crippen LogP contribution in [0.4, 0.5) is 0 Å². The van der Waals surface area contributed by atoms with Crippen molar-refractivity contribution in [2.75, 3.05) is 7.11 Å². The van der Waals surface area contributed by atoms with Crippen molar-refractivity contribution >= 4 is 54.1 Å². The molecule has 0 aliphatic heterocycles. The molecule has 0 amide bonds. The number of fused-ring (bicyclic) bond motifs is 5. The van der Waals surface area contributed by atoms with Crippen molar-refractivity contribution < 1.29 is 4.74 Å². The van der Waals surface area contributed by atoms with E-state index in [4.69, 9.17) is 9.72 Å². The Bertz CT molecular complexity index is 2950. The third-order valence-corrected chi connectivity index (χ3v) is 10.3. The van der Waals surface area contributed by atoms with Crippen LogP contribution in [0.2, 0.25) is 0 Å². The number of benzene rings is 9. The smallest absolute Gasteiger partial charge is 0.144 e. The molecule has 0 unspecified atom stereocenters. The fraction of sp³-hybridized carbons (Fsp3) is 0.0208. The van der Waals surface area contributed by atoms with Gasteiger partial charge in [-0.1, -0.05) is 140 Å². The number of aromatic nitrogens is 2. The van der Waals surface area contributed by atoms with Gasteiger partial charge in [0, 0.05) is 5.56 Å². The maximum absolute atomic E-state index is 5.56. The van der Waals surface area contributed by atoms with E-state index in [9.17, 15) is 0 Å². The molecule has 0 fully saturated rings. The summed E-state index contributed by atoms with van der Waals surface area (Å²) >= 11 is 0. The van der Waals surface area contributed by atoms with Gasteiger partial charge in [-0.25, -0.2) is 4.98 Å². The van der Waals surface area contributed by atoms with Gasteiger partial charge in [-0.3, -0.25) is 0 Å². The molecule has 51 heavy (non-hydrogen) atoms. The lowest BCUT2D eigenvalue weighted by molar-refractivity contribution is 0.419. The standard InChI is InChI=1S/C48H32N2O/c1-51-44-16-8-15-43-47(44)50-48(49-43)33-21-17-32(18-22-33)36-25-26-41-42(29-36)46(38-24-20-31-10-3-5-12-35(31)28-38)40-14-7-6-13-39(40)45(41)37-23-19-30-9-2-4-11-34(30)27-37/h2-29H,1H3,(H,49,50). The van der Waals surface area contributed by atoms with Crippen LogP contribution >= 0.6 is 0 Å². The Balaban J connectivity index is 1.19. The van der Waals surface area contributed by atoms with E-state index >= 15 is 0 Å². The van der Waals surface area contributed by atoms with Crippen LogP contribution in [0.1, 0.15) is 0 Å². The summed E-state index contributed by atoms with van der Waals surface area (Å²) in [4.78, 5) is 8.32. The first-order valence-corrected chi connectivity index (χ1v) is 17.3. The topological polar surface area (TPSA) is 37.9 Å². The molecular weight excluding hydrogens is 621 g/mol. The van der Waals surface area contributed by atoms with Gasteiger partial charge in [0.25, 0.3) is 0 Å². The average molecular weight is 653 g/mol. The number of methoxy groups -OCH3 is 1. The van der Waals surface area contributed by atoms with E-state index in [0.717, 1.165) is 33.7 Å². The molecule has 3 heteroatoms. The monoisotopic (exact) mass is 652 g/mol. The Morgan fingerprint density at radius 2 is 0.941 bits per heavy atom. The van der Waals surface area contributed by atoms with Crippen LogP contribution in [-0.2, 0) is 0 Å². The van der Waals surface area contributed by atoms with E-state index < -0.39 is 0 Å². The highest BCUT2D eigenvalue weighted by molar-refractivity contribution is 6.22. The van der Waals surface area contributed by atoms with E-state index in [1.807, 2.05) is 18.2 Å². The first-order chi connectivity index (χ1) is 25.2. The molecule has 10 aromatic rings. The number of H-pyrrole nitrogens is 1. The normalized spacial score (nSPS) is 11.6. The van der Waals surface area contributed by atoms with Crippen molar-refractivity contribution in [2.45, 2.75) is 0 Å². The number of aromatic amines is 1. The van der Waals surface area contributed by atoms with Crippen molar-refractivity contribution in [3.63, 3.8) is 0 Å². The third-order valence-electron chi connectivity index (χ3n) is 10.3. The third kappa shape index (κ3) is 4.86. The second-order valence-electron chi connectivity index (χ2n) is 13.2. The van der Waals surface area contributed by atoms with Gasteiger partial charge < -0.3 is 9.72 Å². The molecule has 1 heterocycles. The van der Waals surface area contributed by atoms with Gasteiger partial charge in [0.15, 0.2) is 0 Å². The Labute approximate surface area is 295 Å². The summed E-state index contributed by atoms with van der Waals surface area (Å²) in [6.07, 6.45) is 0. The molecule has 0 radical (unpaired) electrons. The number of hydrogen-bond donors (Lipinski definition) is 1. The molecule has 0 atom stereocenters. The number of rotatable bonds is 5. The van der Waals surface area contributed by atoms with Crippen LogP contribution in [-0.4, -0.2) is 17.1 Å². The highest BCUT2D eigenvalue weighted by Gasteiger charge is 2.18. The molecule has 3 nitrogen and oxygen atoms in total. The van der Waals surface area contributed by atoms with E-state index in [0.29, 0.717) is 0 Å². The molecule has 0 spiro atoms. The van der Waals surface area contributed by atoms with Crippen LogP contribution in [0.3, 0.4) is 0 Å². The molecule has 1 N–H and O–H groups in total. The minimum absolute atomic E-state index is 0.789. The summed E-state index contributed by atoms with van der Waals surface area (Å²) in [6.45, 7) is 0. The SMILES string of the molecule is COc1cccc2nc(-c3ccc(-c4ccc5c(-c6ccc7ccccc7c6)c6ccccc6c(-c6ccc7ccccc7c6)c5c4)cc3)[nH]c12. The summed E-state index contributed by atoms with van der Waals surface area (Å²) in [5.41, 5.74) is 10.1. The molecule has 0 saturated heterocycles. The predicted molar refractivity (Wildman–Crippen MR) is 214 cm³/mol. The first kappa shape index (κ1) is 29.2. The highest BCUT2D eigenvalue weighted by Crippen LogP contribution is 2.45. The van der Waals surface area contributed by atoms with E-state index in [1.165, 1.54) is 70.9 Å². The second-order valence-corrected chi connectivity index (χ2v) is 13.2. The molecule has 1 aromatic heterocycles. The number of nitrogens with one attached hydrogen (secondary N) is 1. The zero-order valence-electron chi connectivity index (χ0n) is 28.0. The zero-order chi connectivity index (χ0) is 33.9. The minimum atomic E-state index is 0.789. The number of hydrogen-bond acceptors (Lipinski definition) is 2. The van der Waals surface area contributed by atoms with Crippen molar-refractivity contribution in [1.29, 1.82) is 0 Å². The molecular formula is C48H32N2O. The highest BCUT2D eigenvalue weighted by atomic mass is 16.5. The quantitative estimate of drug-likeness (QED) is 0.188. The molecule has 10 rings (SSSR count). The van der Waals surface area contributed by atoms with Gasteiger partial charge in [0.1, 0.15) is 17.1 Å². The number of nitrogens with zero attached hydrogens (tertiary/aromatic N) is 1. The Hall–Kier alpha value is -6.71. The number of imidazole rings is 1. The van der Waals surface area contributed by atoms with E-state index in [-0.39, 0.29) is 0 Å². The van der Waals surface area contributed by atoms with Crippen LogP contribution in [0.25, 0.3) is 98.9 Å². The van der Waals surface area contributed by atoms with Gasteiger partial charge in [-0.2, -0.15) is 0 Å². The van der Waals surface area contributed by atoms with Crippen LogP contribution in [0.5, 0.6) is 5.75 Å². The van der Waals surface area contributed by atoms with Gasteiger partial charge in [0.2, 0.25) is 0 Å². The largest absolute Gasteiger partial charge is 0.494 e. The van der Waals surface area contributed by atoms with Gasteiger partial charge in [-0.15, -0.1) is 0 Å². The Kier molecular flexibility index (Phi) is 6.71. The fourth-order valence-electron chi connectivity index (χ4n) is 7.80. The molecule has 0 aliphatic rings.